The molecule has 0 aromatic heterocycles. The maximum Gasteiger partial charge on any atom is 0.290 e. The Morgan fingerprint density at radius 1 is 1.11 bits per heavy atom. The molecule has 2 heterocycles. The second-order valence-electron chi connectivity index (χ2n) is 9.46. The summed E-state index contributed by atoms with van der Waals surface area (Å²) in [5.41, 5.74) is 15.1. The molecule has 10 nitrogen and oxygen atoms in total. The molecule has 0 bridgehead atoms. The molecule has 2 aromatic rings. The molecule has 0 amide bonds. The molecule has 2 atom stereocenters. The summed E-state index contributed by atoms with van der Waals surface area (Å²) < 4.78 is 11.0. The molecule has 2 fully saturated rings. The van der Waals surface area contributed by atoms with Crippen molar-refractivity contribution in [3.8, 4) is 11.5 Å². The molecule has 0 spiro atoms. The van der Waals surface area contributed by atoms with E-state index in [0.29, 0.717) is 17.4 Å². The van der Waals surface area contributed by atoms with Crippen molar-refractivity contribution < 1.29 is 19.4 Å². The smallest absolute Gasteiger partial charge is 0.290 e. The fraction of sp³-hybridized carbons (Fsp3) is 0.500. The first-order valence-electron chi connectivity index (χ1n) is 12.9. The Kier molecular flexibility index (Phi) is 13.4. The number of likely N-dealkylation sites (tertiary alicyclic amines) is 2. The molecule has 0 saturated carbocycles. The largest absolute Gasteiger partial charge is 0.493 e. The summed E-state index contributed by atoms with van der Waals surface area (Å²) in [6, 6.07) is 15.8. The predicted octanol–water partition coefficient (Wildman–Crippen LogP) is 4.23. The van der Waals surface area contributed by atoms with Crippen LogP contribution in [0, 0.1) is 16.9 Å². The lowest BCUT2D eigenvalue weighted by molar-refractivity contribution is -0.122. The van der Waals surface area contributed by atoms with E-state index in [0.717, 1.165) is 44.0 Å². The van der Waals surface area contributed by atoms with Gasteiger partial charge < -0.3 is 25.2 Å². The van der Waals surface area contributed by atoms with E-state index in [1.54, 1.807) is 14.2 Å². The maximum absolute atomic E-state index is 8.36. The summed E-state index contributed by atoms with van der Waals surface area (Å²) >= 11 is 0. The summed E-state index contributed by atoms with van der Waals surface area (Å²) in [5.74, 6) is 2.54. The zero-order chi connectivity index (χ0) is 27.9. The van der Waals surface area contributed by atoms with Crippen LogP contribution in [0.4, 0.5) is 0 Å². The molecule has 0 aliphatic carbocycles. The SMILES string of the molecule is CN1CCC(CN)C1.COc1cccc(C(C(=N)N=N)N2CCC(c3ccccc3)CC2)c1OC.O=CO. The van der Waals surface area contributed by atoms with Crippen molar-refractivity contribution in [3.63, 3.8) is 0 Å². The van der Waals surface area contributed by atoms with Gasteiger partial charge >= 0.3 is 0 Å². The van der Waals surface area contributed by atoms with Gasteiger partial charge in [0.1, 0.15) is 6.04 Å². The number of hydrogen-bond donors (Lipinski definition) is 4. The predicted molar refractivity (Wildman–Crippen MR) is 149 cm³/mol. The third kappa shape index (κ3) is 8.61. The van der Waals surface area contributed by atoms with Gasteiger partial charge in [0, 0.05) is 12.1 Å². The molecule has 5 N–H and O–H groups in total. The van der Waals surface area contributed by atoms with Crippen LogP contribution in [0.3, 0.4) is 0 Å². The molecule has 208 valence electrons. The number of amidine groups is 1. The minimum absolute atomic E-state index is 0.0136. The zero-order valence-corrected chi connectivity index (χ0v) is 22.7. The number of benzene rings is 2. The number of nitrogens with one attached hydrogen (secondary N) is 2. The van der Waals surface area contributed by atoms with E-state index >= 15 is 0 Å². The van der Waals surface area contributed by atoms with Crippen molar-refractivity contribution in [2.24, 2.45) is 16.8 Å². The van der Waals surface area contributed by atoms with Crippen molar-refractivity contribution in [1.82, 2.24) is 9.80 Å². The average Bonchev–Trinajstić information content (AvgIpc) is 3.39. The van der Waals surface area contributed by atoms with Crippen LogP contribution in [0.25, 0.3) is 0 Å². The van der Waals surface area contributed by atoms with Crippen molar-refractivity contribution in [2.45, 2.75) is 31.2 Å². The lowest BCUT2D eigenvalue weighted by Gasteiger charge is -2.37. The molecule has 0 radical (unpaired) electrons. The monoisotopic (exact) mass is 526 g/mol. The van der Waals surface area contributed by atoms with Crippen LogP contribution in [0.1, 0.15) is 42.3 Å². The highest BCUT2D eigenvalue weighted by Gasteiger charge is 2.32. The molecule has 38 heavy (non-hydrogen) atoms. The second-order valence-corrected chi connectivity index (χ2v) is 9.46. The van der Waals surface area contributed by atoms with Crippen LogP contribution >= 0.6 is 0 Å². The molecule has 4 rings (SSSR count). The van der Waals surface area contributed by atoms with Crippen LogP contribution in [0.15, 0.2) is 53.6 Å². The Balaban J connectivity index is 0.000000385. The van der Waals surface area contributed by atoms with Gasteiger partial charge in [-0.2, -0.15) is 0 Å². The molecule has 10 heteroatoms. The first-order valence-corrected chi connectivity index (χ1v) is 12.9. The van der Waals surface area contributed by atoms with Gasteiger partial charge in [-0.1, -0.05) is 42.5 Å². The van der Waals surface area contributed by atoms with Crippen molar-refractivity contribution >= 4 is 12.3 Å². The van der Waals surface area contributed by atoms with Gasteiger partial charge in [0.15, 0.2) is 17.3 Å². The number of hydrogen-bond acceptors (Lipinski definition) is 8. The van der Waals surface area contributed by atoms with Gasteiger partial charge in [-0.05, 0) is 76.0 Å². The minimum atomic E-state index is -0.413. The normalized spacial score (nSPS) is 18.7. The number of piperidine rings is 1. The third-order valence-electron chi connectivity index (χ3n) is 7.10. The van der Waals surface area contributed by atoms with Gasteiger partial charge in [-0.3, -0.25) is 15.1 Å². The Morgan fingerprint density at radius 2 is 1.76 bits per heavy atom. The number of ether oxygens (including phenoxy) is 2. The fourth-order valence-electron chi connectivity index (χ4n) is 5.14. The lowest BCUT2D eigenvalue weighted by Crippen LogP contribution is -2.39. The van der Waals surface area contributed by atoms with Crippen molar-refractivity contribution in [3.05, 3.63) is 59.7 Å². The highest BCUT2D eigenvalue weighted by Crippen LogP contribution is 2.40. The molecule has 2 saturated heterocycles. The molecule has 2 aliphatic heterocycles. The number of rotatable bonds is 7. The lowest BCUT2D eigenvalue weighted by atomic mass is 9.88. The standard InChI is InChI=1S/C21H26N4O2.C6H14N2.CH2O2/c1-26-18-10-6-9-17(20(18)27-2)19(21(22)24-23)25-13-11-16(12-14-25)15-7-4-3-5-8-15;1-8-3-2-6(4-7)5-8;2-1-3/h3-10,16,19,22-23H,11-14H2,1-2H3;6H,2-5,7H2,1H3;1H,(H,2,3). The Hall–Kier alpha value is -3.34. The molecule has 2 unspecified atom stereocenters. The second kappa shape index (κ2) is 16.5. The van der Waals surface area contributed by atoms with Crippen LogP contribution in [-0.2, 0) is 4.79 Å². The van der Waals surface area contributed by atoms with Gasteiger partial charge in [-0.15, -0.1) is 5.11 Å². The number of nitrogens with two attached hydrogens (primary N) is 1. The van der Waals surface area contributed by atoms with E-state index < -0.39 is 6.04 Å². The van der Waals surface area contributed by atoms with Crippen molar-refractivity contribution in [1.29, 1.82) is 10.9 Å². The summed E-state index contributed by atoms with van der Waals surface area (Å²) in [7, 11) is 5.35. The van der Waals surface area contributed by atoms with E-state index in [2.05, 4.69) is 46.2 Å². The molecule has 2 aliphatic rings. The third-order valence-corrected chi connectivity index (χ3v) is 7.10. The first-order chi connectivity index (χ1) is 18.4. The zero-order valence-electron chi connectivity index (χ0n) is 22.7. The molecule has 2 aromatic carbocycles. The highest BCUT2D eigenvalue weighted by molar-refractivity contribution is 5.87. The van der Waals surface area contributed by atoms with E-state index in [1.807, 2.05) is 24.3 Å². The Morgan fingerprint density at radius 3 is 2.24 bits per heavy atom. The Bertz CT molecular complexity index is 998. The minimum Gasteiger partial charge on any atom is -0.493 e. The van der Waals surface area contributed by atoms with E-state index in [1.165, 1.54) is 25.1 Å². The number of para-hydroxylation sites is 1. The number of carbonyl (C=O) groups is 1. The van der Waals surface area contributed by atoms with E-state index in [-0.39, 0.29) is 12.3 Å². The van der Waals surface area contributed by atoms with E-state index in [4.69, 9.17) is 36.0 Å². The topological polar surface area (TPSA) is 148 Å². The molecular weight excluding hydrogens is 484 g/mol. The van der Waals surface area contributed by atoms with Gasteiger partial charge in [0.2, 0.25) is 0 Å². The summed E-state index contributed by atoms with van der Waals surface area (Å²) in [6.07, 6.45) is 3.32. The summed E-state index contributed by atoms with van der Waals surface area (Å²) in [5, 5.41) is 18.6. The van der Waals surface area contributed by atoms with Crippen LogP contribution < -0.4 is 15.2 Å². The van der Waals surface area contributed by atoms with Crippen LogP contribution in [-0.4, -0.2) is 81.2 Å². The van der Waals surface area contributed by atoms with Crippen LogP contribution in [0.5, 0.6) is 11.5 Å². The van der Waals surface area contributed by atoms with Crippen molar-refractivity contribution in [2.75, 3.05) is 54.0 Å². The first kappa shape index (κ1) is 30.9. The van der Waals surface area contributed by atoms with Gasteiger partial charge in [-0.25, -0.2) is 5.53 Å². The number of methoxy groups -OCH3 is 2. The van der Waals surface area contributed by atoms with Gasteiger partial charge in [0.25, 0.3) is 6.47 Å². The fourth-order valence-corrected chi connectivity index (χ4v) is 5.14. The number of carboxylic acid groups (broad SMARTS) is 1. The summed E-state index contributed by atoms with van der Waals surface area (Å²) in [4.78, 5) is 12.9. The van der Waals surface area contributed by atoms with Gasteiger partial charge in [0.05, 0.1) is 14.2 Å². The summed E-state index contributed by atoms with van der Waals surface area (Å²) in [6.45, 7) is 4.73. The van der Waals surface area contributed by atoms with E-state index in [9.17, 15) is 0 Å². The Labute approximate surface area is 225 Å². The maximum atomic E-state index is 8.36. The highest BCUT2D eigenvalue weighted by atomic mass is 16.5. The quantitative estimate of drug-likeness (QED) is 0.183. The van der Waals surface area contributed by atoms with Crippen LogP contribution in [0.2, 0.25) is 0 Å². The number of nitrogens with zero attached hydrogens (tertiary/aromatic N) is 3. The molecular formula is C28H42N6O4. The average molecular weight is 527 g/mol.